The maximum Gasteiger partial charge on any atom is 0.311 e. The molecule has 2 N–H and O–H groups in total. The number of piperidine rings is 1. The number of carboxylic acid groups (broad SMARTS) is 1. The number of amides is 1. The van der Waals surface area contributed by atoms with Gasteiger partial charge in [-0.1, -0.05) is 23.8 Å². The quantitative estimate of drug-likeness (QED) is 0.778. The maximum absolute atomic E-state index is 11.9. The monoisotopic (exact) mass is 344 g/mol. The minimum absolute atomic E-state index is 0.101. The molecule has 0 aromatic heterocycles. The van der Waals surface area contributed by atoms with E-state index in [-0.39, 0.29) is 5.91 Å². The van der Waals surface area contributed by atoms with Crippen molar-refractivity contribution in [3.8, 4) is 0 Å². The fourth-order valence-corrected chi connectivity index (χ4v) is 3.35. The van der Waals surface area contributed by atoms with Crippen LogP contribution in [0.1, 0.15) is 49.0 Å². The number of carbonyl (C=O) groups excluding carboxylic acids is 1. The number of hydrogen-bond donors (Lipinski definition) is 2. The summed E-state index contributed by atoms with van der Waals surface area (Å²) in [4.78, 5) is 25.8. The zero-order valence-electron chi connectivity index (χ0n) is 15.3. The van der Waals surface area contributed by atoms with Gasteiger partial charge >= 0.3 is 5.97 Å². The number of aliphatic carboxylic acids is 1. The summed E-state index contributed by atoms with van der Waals surface area (Å²) >= 11 is 0. The smallest absolute Gasteiger partial charge is 0.311 e. The van der Waals surface area contributed by atoms with E-state index < -0.39 is 11.4 Å². The van der Waals surface area contributed by atoms with Crippen molar-refractivity contribution in [2.45, 2.75) is 39.7 Å². The second-order valence-corrected chi connectivity index (χ2v) is 7.16. The first-order valence-corrected chi connectivity index (χ1v) is 8.76. The molecule has 1 aromatic rings. The Kier molecular flexibility index (Phi) is 6.37. The SMILES string of the molecule is CNC(=O)c1ccc(CN2CCC[C@](CC=C(C)C)(C(=O)O)C2)cc1. The molecule has 136 valence electrons. The topological polar surface area (TPSA) is 69.6 Å². The van der Waals surface area contributed by atoms with Crippen molar-refractivity contribution in [1.29, 1.82) is 0 Å². The van der Waals surface area contributed by atoms with Crippen molar-refractivity contribution in [2.75, 3.05) is 20.1 Å². The zero-order chi connectivity index (χ0) is 18.4. The van der Waals surface area contributed by atoms with Crippen LogP contribution in [-0.4, -0.2) is 42.0 Å². The third-order valence-corrected chi connectivity index (χ3v) is 4.86. The lowest BCUT2D eigenvalue weighted by atomic mass is 9.76. The molecule has 0 unspecified atom stereocenters. The van der Waals surface area contributed by atoms with Gasteiger partial charge in [0.05, 0.1) is 5.41 Å². The van der Waals surface area contributed by atoms with Gasteiger partial charge in [0, 0.05) is 25.7 Å². The molecule has 0 bridgehead atoms. The Hall–Kier alpha value is -2.14. The number of likely N-dealkylation sites (tertiary alicyclic amines) is 1. The fourth-order valence-electron chi connectivity index (χ4n) is 3.35. The van der Waals surface area contributed by atoms with Crippen LogP contribution in [0.5, 0.6) is 0 Å². The first kappa shape index (κ1) is 19.2. The molecule has 5 heteroatoms. The van der Waals surface area contributed by atoms with Crippen LogP contribution in [0, 0.1) is 5.41 Å². The lowest BCUT2D eigenvalue weighted by molar-refractivity contribution is -0.152. The lowest BCUT2D eigenvalue weighted by Crippen LogP contribution is -2.47. The van der Waals surface area contributed by atoms with Gasteiger partial charge in [0.25, 0.3) is 5.91 Å². The highest BCUT2D eigenvalue weighted by atomic mass is 16.4. The average Bonchev–Trinajstić information content (AvgIpc) is 2.60. The first-order chi connectivity index (χ1) is 11.9. The largest absolute Gasteiger partial charge is 0.481 e. The highest BCUT2D eigenvalue weighted by molar-refractivity contribution is 5.93. The molecule has 1 atom stereocenters. The Labute approximate surface area is 149 Å². The molecule has 0 radical (unpaired) electrons. The predicted octanol–water partition coefficient (Wildman–Crippen LogP) is 3.07. The molecule has 1 fully saturated rings. The number of allylic oxidation sites excluding steroid dienone is 2. The van der Waals surface area contributed by atoms with Gasteiger partial charge in [-0.15, -0.1) is 0 Å². The molecule has 5 nitrogen and oxygen atoms in total. The van der Waals surface area contributed by atoms with Crippen molar-refractivity contribution in [3.63, 3.8) is 0 Å². The standard InChI is InChI=1S/C20H28N2O3/c1-15(2)9-11-20(19(24)25)10-4-12-22(14-20)13-16-5-7-17(8-6-16)18(23)21-3/h5-9H,4,10-14H2,1-3H3,(H,21,23)(H,24,25)/t20-/m1/s1. The summed E-state index contributed by atoms with van der Waals surface area (Å²) in [6.45, 7) is 6.18. The van der Waals surface area contributed by atoms with Crippen molar-refractivity contribution in [2.24, 2.45) is 5.41 Å². The summed E-state index contributed by atoms with van der Waals surface area (Å²) in [6, 6.07) is 7.51. The van der Waals surface area contributed by atoms with Crippen LogP contribution in [0.2, 0.25) is 0 Å². The van der Waals surface area contributed by atoms with E-state index in [4.69, 9.17) is 0 Å². The average molecular weight is 344 g/mol. The highest BCUT2D eigenvalue weighted by Crippen LogP contribution is 2.35. The minimum atomic E-state index is -0.704. The van der Waals surface area contributed by atoms with E-state index in [1.54, 1.807) is 7.05 Å². The van der Waals surface area contributed by atoms with Crippen molar-refractivity contribution in [3.05, 3.63) is 47.0 Å². The molecule has 0 saturated carbocycles. The van der Waals surface area contributed by atoms with Gasteiger partial charge in [0.15, 0.2) is 0 Å². The van der Waals surface area contributed by atoms with Gasteiger partial charge in [-0.25, -0.2) is 0 Å². The number of rotatable bonds is 6. The molecular weight excluding hydrogens is 316 g/mol. The van der Waals surface area contributed by atoms with Gasteiger partial charge in [0.2, 0.25) is 0 Å². The van der Waals surface area contributed by atoms with Crippen molar-refractivity contribution < 1.29 is 14.7 Å². The summed E-state index contributed by atoms with van der Waals surface area (Å²) in [5, 5.41) is 12.4. The van der Waals surface area contributed by atoms with E-state index in [0.717, 1.165) is 30.5 Å². The minimum Gasteiger partial charge on any atom is -0.481 e. The molecule has 1 aromatic carbocycles. The molecule has 1 amide bonds. The van der Waals surface area contributed by atoms with Gasteiger partial charge < -0.3 is 10.4 Å². The van der Waals surface area contributed by atoms with Crippen molar-refractivity contribution in [1.82, 2.24) is 10.2 Å². The predicted molar refractivity (Wildman–Crippen MR) is 98.5 cm³/mol. The van der Waals surface area contributed by atoms with Crippen LogP contribution in [0.25, 0.3) is 0 Å². The molecular formula is C20H28N2O3. The molecule has 2 rings (SSSR count). The molecule has 1 saturated heterocycles. The van der Waals surface area contributed by atoms with Gasteiger partial charge in [-0.2, -0.15) is 0 Å². The van der Waals surface area contributed by atoms with Crippen LogP contribution in [-0.2, 0) is 11.3 Å². The normalized spacial score (nSPS) is 20.8. The molecule has 1 aliphatic heterocycles. The van der Waals surface area contributed by atoms with E-state index in [2.05, 4.69) is 10.2 Å². The van der Waals surface area contributed by atoms with E-state index in [1.807, 2.05) is 44.2 Å². The molecule has 1 heterocycles. The second-order valence-electron chi connectivity index (χ2n) is 7.16. The van der Waals surface area contributed by atoms with E-state index in [1.165, 1.54) is 0 Å². The summed E-state index contributed by atoms with van der Waals surface area (Å²) in [5.74, 6) is -0.805. The first-order valence-electron chi connectivity index (χ1n) is 8.76. The Morgan fingerprint density at radius 1 is 1.28 bits per heavy atom. The highest BCUT2D eigenvalue weighted by Gasteiger charge is 2.41. The van der Waals surface area contributed by atoms with Gasteiger partial charge in [0.1, 0.15) is 0 Å². The van der Waals surface area contributed by atoms with Crippen LogP contribution in [0.4, 0.5) is 0 Å². The third kappa shape index (κ3) is 4.92. The van der Waals surface area contributed by atoms with Gasteiger partial charge in [-0.05, 0) is 57.4 Å². The molecule has 25 heavy (non-hydrogen) atoms. The number of benzene rings is 1. The van der Waals surface area contributed by atoms with Crippen LogP contribution in [0.3, 0.4) is 0 Å². The summed E-state index contributed by atoms with van der Waals surface area (Å²) in [5.41, 5.74) is 2.18. The van der Waals surface area contributed by atoms with Crippen LogP contribution in [0.15, 0.2) is 35.9 Å². The molecule has 1 aliphatic rings. The van der Waals surface area contributed by atoms with E-state index in [9.17, 15) is 14.7 Å². The lowest BCUT2D eigenvalue weighted by Gasteiger charge is -2.39. The van der Waals surface area contributed by atoms with E-state index >= 15 is 0 Å². The van der Waals surface area contributed by atoms with Crippen molar-refractivity contribution >= 4 is 11.9 Å². The second kappa shape index (κ2) is 8.30. The number of hydrogen-bond acceptors (Lipinski definition) is 3. The summed E-state index contributed by atoms with van der Waals surface area (Å²) < 4.78 is 0. The Bertz CT molecular complexity index is 647. The van der Waals surface area contributed by atoms with Crippen LogP contribution >= 0.6 is 0 Å². The molecule has 0 aliphatic carbocycles. The Morgan fingerprint density at radius 3 is 2.52 bits per heavy atom. The number of nitrogens with one attached hydrogen (secondary N) is 1. The Balaban J connectivity index is 2.08. The zero-order valence-corrected chi connectivity index (χ0v) is 15.3. The van der Waals surface area contributed by atoms with Gasteiger partial charge in [-0.3, -0.25) is 14.5 Å². The summed E-state index contributed by atoms with van der Waals surface area (Å²) in [6.07, 6.45) is 4.23. The fraction of sp³-hybridized carbons (Fsp3) is 0.500. The maximum atomic E-state index is 11.9. The third-order valence-electron chi connectivity index (χ3n) is 4.86. The summed E-state index contributed by atoms with van der Waals surface area (Å²) in [7, 11) is 1.61. The van der Waals surface area contributed by atoms with Crippen LogP contribution < -0.4 is 5.32 Å². The Morgan fingerprint density at radius 2 is 1.96 bits per heavy atom. The molecule has 0 spiro atoms. The van der Waals surface area contributed by atoms with E-state index in [0.29, 0.717) is 25.1 Å². The number of nitrogens with zero attached hydrogens (tertiary/aromatic N) is 1. The number of carbonyl (C=O) groups is 2. The number of carboxylic acids is 1.